The number of pyridine rings is 1. The Labute approximate surface area is 175 Å². The molecule has 2 aliphatic heterocycles. The van der Waals surface area contributed by atoms with Gasteiger partial charge in [0.25, 0.3) is 5.56 Å². The molecule has 0 amide bonds. The molecule has 0 unspecified atom stereocenters. The summed E-state index contributed by atoms with van der Waals surface area (Å²) in [4.78, 5) is 22.1. The highest BCUT2D eigenvalue weighted by Crippen LogP contribution is 2.29. The van der Waals surface area contributed by atoms with Crippen LogP contribution in [0.5, 0.6) is 0 Å². The first-order valence-electron chi connectivity index (χ1n) is 10.7. The SMILES string of the molecule is Cn1cnc2cc(-c3ccc(C4CCNCC4)cc3)nc(N[C@@H]3CCOC3)c2c1=O. The summed E-state index contributed by atoms with van der Waals surface area (Å²) < 4.78 is 6.98. The molecule has 156 valence electrons. The average Bonchev–Trinajstić information content (AvgIpc) is 3.30. The number of aryl methyl sites for hydroxylation is 1. The van der Waals surface area contributed by atoms with Gasteiger partial charge in [0.15, 0.2) is 0 Å². The van der Waals surface area contributed by atoms with Crippen molar-refractivity contribution in [2.45, 2.75) is 31.2 Å². The highest BCUT2D eigenvalue weighted by molar-refractivity contribution is 5.91. The molecule has 1 aromatic carbocycles. The summed E-state index contributed by atoms with van der Waals surface area (Å²) >= 11 is 0. The molecule has 2 fully saturated rings. The van der Waals surface area contributed by atoms with Crippen molar-refractivity contribution < 1.29 is 4.74 Å². The van der Waals surface area contributed by atoms with Crippen LogP contribution in [0.25, 0.3) is 22.2 Å². The first kappa shape index (κ1) is 19.2. The zero-order valence-electron chi connectivity index (χ0n) is 17.2. The predicted molar refractivity (Wildman–Crippen MR) is 118 cm³/mol. The first-order chi connectivity index (χ1) is 14.7. The number of nitrogens with zero attached hydrogens (tertiary/aromatic N) is 3. The largest absolute Gasteiger partial charge is 0.379 e. The average molecular weight is 406 g/mol. The number of aromatic nitrogens is 3. The fraction of sp³-hybridized carbons (Fsp3) is 0.435. The topological polar surface area (TPSA) is 81.1 Å². The number of ether oxygens (including phenoxy) is 1. The van der Waals surface area contributed by atoms with E-state index in [1.54, 1.807) is 13.4 Å². The van der Waals surface area contributed by atoms with Crippen molar-refractivity contribution in [2.24, 2.45) is 7.05 Å². The van der Waals surface area contributed by atoms with Crippen molar-refractivity contribution in [3.63, 3.8) is 0 Å². The second-order valence-electron chi connectivity index (χ2n) is 8.26. The van der Waals surface area contributed by atoms with Gasteiger partial charge in [-0.3, -0.25) is 4.79 Å². The normalized spacial score (nSPS) is 20.0. The summed E-state index contributed by atoms with van der Waals surface area (Å²) in [6.07, 6.45) is 4.83. The minimum absolute atomic E-state index is 0.0956. The molecule has 0 aliphatic carbocycles. The van der Waals surface area contributed by atoms with E-state index in [0.29, 0.717) is 29.2 Å². The number of rotatable bonds is 4. The maximum absolute atomic E-state index is 12.8. The standard InChI is InChI=1S/C23H27N5O2/c1-28-14-25-20-12-19(17-4-2-15(3-5-17)16-6-9-24-10-7-16)27-22(21(20)23(28)29)26-18-8-11-30-13-18/h2-5,12,14,16,18,24H,6-11,13H2,1H3,(H,26,27)/t18-/m1/s1. The lowest BCUT2D eigenvalue weighted by Crippen LogP contribution is -2.26. The maximum Gasteiger partial charge on any atom is 0.264 e. The van der Waals surface area contributed by atoms with E-state index in [1.807, 2.05) is 6.07 Å². The smallest absolute Gasteiger partial charge is 0.264 e. The van der Waals surface area contributed by atoms with Crippen molar-refractivity contribution in [3.8, 4) is 11.3 Å². The van der Waals surface area contributed by atoms with Gasteiger partial charge in [-0.1, -0.05) is 24.3 Å². The lowest BCUT2D eigenvalue weighted by atomic mass is 9.89. The van der Waals surface area contributed by atoms with Gasteiger partial charge >= 0.3 is 0 Å². The van der Waals surface area contributed by atoms with Crippen LogP contribution in [0.4, 0.5) is 5.82 Å². The molecule has 3 aromatic rings. The number of piperidine rings is 1. The van der Waals surface area contributed by atoms with Crippen LogP contribution in [-0.2, 0) is 11.8 Å². The van der Waals surface area contributed by atoms with Gasteiger partial charge in [0, 0.05) is 19.2 Å². The quantitative estimate of drug-likeness (QED) is 0.695. The summed E-state index contributed by atoms with van der Waals surface area (Å²) in [5.41, 5.74) is 3.80. The van der Waals surface area contributed by atoms with Gasteiger partial charge in [-0.05, 0) is 49.9 Å². The van der Waals surface area contributed by atoms with Gasteiger partial charge in [0.05, 0.1) is 30.2 Å². The van der Waals surface area contributed by atoms with Gasteiger partial charge in [-0.2, -0.15) is 0 Å². The monoisotopic (exact) mass is 405 g/mol. The zero-order chi connectivity index (χ0) is 20.5. The molecule has 0 spiro atoms. The number of nitrogens with one attached hydrogen (secondary N) is 2. The molecule has 5 rings (SSSR count). The third kappa shape index (κ3) is 3.70. The molecule has 30 heavy (non-hydrogen) atoms. The van der Waals surface area contributed by atoms with E-state index in [9.17, 15) is 4.79 Å². The van der Waals surface area contributed by atoms with E-state index in [-0.39, 0.29) is 11.6 Å². The molecular formula is C23H27N5O2. The maximum atomic E-state index is 12.8. The van der Waals surface area contributed by atoms with Crippen molar-refractivity contribution in [1.82, 2.24) is 19.9 Å². The summed E-state index contributed by atoms with van der Waals surface area (Å²) in [5.74, 6) is 1.21. The van der Waals surface area contributed by atoms with Gasteiger partial charge in [0.1, 0.15) is 11.2 Å². The van der Waals surface area contributed by atoms with E-state index in [0.717, 1.165) is 37.4 Å². The summed E-state index contributed by atoms with van der Waals surface area (Å²) in [6, 6.07) is 10.8. The van der Waals surface area contributed by atoms with Gasteiger partial charge in [-0.15, -0.1) is 0 Å². The number of fused-ring (bicyclic) bond motifs is 1. The van der Waals surface area contributed by atoms with Crippen LogP contribution in [0, 0.1) is 0 Å². The third-order valence-electron chi connectivity index (χ3n) is 6.19. The molecule has 0 saturated carbocycles. The van der Waals surface area contributed by atoms with Crippen LogP contribution in [0.3, 0.4) is 0 Å². The summed E-state index contributed by atoms with van der Waals surface area (Å²) in [6.45, 7) is 3.51. The van der Waals surface area contributed by atoms with Crippen molar-refractivity contribution in [1.29, 1.82) is 0 Å². The molecule has 7 heteroatoms. The van der Waals surface area contributed by atoms with E-state index >= 15 is 0 Å². The van der Waals surface area contributed by atoms with Crippen LogP contribution in [-0.4, -0.2) is 46.9 Å². The minimum Gasteiger partial charge on any atom is -0.379 e. The number of hydrogen-bond donors (Lipinski definition) is 2. The molecule has 2 saturated heterocycles. The van der Waals surface area contributed by atoms with Crippen molar-refractivity contribution in [3.05, 3.63) is 52.6 Å². The summed E-state index contributed by atoms with van der Waals surface area (Å²) in [5, 5.41) is 7.38. The van der Waals surface area contributed by atoms with Crippen LogP contribution < -0.4 is 16.2 Å². The van der Waals surface area contributed by atoms with E-state index in [1.165, 1.54) is 23.0 Å². The van der Waals surface area contributed by atoms with Crippen LogP contribution in [0.2, 0.25) is 0 Å². The second kappa shape index (κ2) is 8.16. The molecule has 2 aromatic heterocycles. The Kier molecular flexibility index (Phi) is 5.23. The Morgan fingerprint density at radius 1 is 1.17 bits per heavy atom. The highest BCUT2D eigenvalue weighted by atomic mass is 16.5. The second-order valence-corrected chi connectivity index (χ2v) is 8.26. The van der Waals surface area contributed by atoms with E-state index < -0.39 is 0 Å². The van der Waals surface area contributed by atoms with E-state index in [2.05, 4.69) is 39.9 Å². The molecule has 0 radical (unpaired) electrons. The Balaban J connectivity index is 1.54. The Hall–Kier alpha value is -2.77. The number of anilines is 1. The van der Waals surface area contributed by atoms with Gasteiger partial charge < -0.3 is 19.9 Å². The zero-order valence-corrected chi connectivity index (χ0v) is 17.2. The molecule has 1 atom stereocenters. The minimum atomic E-state index is -0.0956. The molecule has 0 bridgehead atoms. The third-order valence-corrected chi connectivity index (χ3v) is 6.19. The molecule has 4 heterocycles. The van der Waals surface area contributed by atoms with Crippen LogP contribution >= 0.6 is 0 Å². The predicted octanol–water partition coefficient (Wildman–Crippen LogP) is 2.66. The Morgan fingerprint density at radius 3 is 2.70 bits per heavy atom. The lowest BCUT2D eigenvalue weighted by Gasteiger charge is -2.23. The fourth-order valence-electron chi connectivity index (χ4n) is 4.40. The van der Waals surface area contributed by atoms with Crippen LogP contribution in [0.15, 0.2) is 41.5 Å². The van der Waals surface area contributed by atoms with Crippen molar-refractivity contribution in [2.75, 3.05) is 31.6 Å². The first-order valence-corrected chi connectivity index (χ1v) is 10.7. The number of benzene rings is 1. The van der Waals surface area contributed by atoms with Gasteiger partial charge in [0.2, 0.25) is 0 Å². The van der Waals surface area contributed by atoms with E-state index in [4.69, 9.17) is 9.72 Å². The molecular weight excluding hydrogens is 378 g/mol. The molecule has 2 aliphatic rings. The lowest BCUT2D eigenvalue weighted by molar-refractivity contribution is 0.195. The molecule has 7 nitrogen and oxygen atoms in total. The van der Waals surface area contributed by atoms with Crippen molar-refractivity contribution >= 4 is 16.7 Å². The van der Waals surface area contributed by atoms with Gasteiger partial charge in [-0.25, -0.2) is 9.97 Å². The highest BCUT2D eigenvalue weighted by Gasteiger charge is 2.20. The van der Waals surface area contributed by atoms with Crippen LogP contribution in [0.1, 0.15) is 30.7 Å². The fourth-order valence-corrected chi connectivity index (χ4v) is 4.40. The Morgan fingerprint density at radius 2 is 1.97 bits per heavy atom. The number of hydrogen-bond acceptors (Lipinski definition) is 6. The molecule has 2 N–H and O–H groups in total. The summed E-state index contributed by atoms with van der Waals surface area (Å²) in [7, 11) is 1.71. The Bertz CT molecular complexity index is 1100.